The van der Waals surface area contributed by atoms with Crippen LogP contribution in [0.2, 0.25) is 0 Å². The predicted octanol–water partition coefficient (Wildman–Crippen LogP) is 0.780. The van der Waals surface area contributed by atoms with Crippen molar-refractivity contribution in [3.8, 4) is 0 Å². The van der Waals surface area contributed by atoms with Crippen LogP contribution in [0.25, 0.3) is 0 Å². The van der Waals surface area contributed by atoms with Crippen LogP contribution in [0.1, 0.15) is 25.6 Å². The third-order valence-corrected chi connectivity index (χ3v) is 3.16. The molecule has 0 aromatic carbocycles. The second kappa shape index (κ2) is 5.49. The number of nitrogens with one attached hydrogen (secondary N) is 1. The van der Waals surface area contributed by atoms with Gasteiger partial charge >= 0.3 is 0 Å². The quantitative estimate of drug-likeness (QED) is 0.664. The summed E-state index contributed by atoms with van der Waals surface area (Å²) in [5.41, 5.74) is 5.76. The van der Waals surface area contributed by atoms with Crippen molar-refractivity contribution in [3.05, 3.63) is 11.9 Å². The molecule has 2 rings (SSSR count). The molecule has 1 aromatic rings. The van der Waals surface area contributed by atoms with Gasteiger partial charge < -0.3 is 20.9 Å². The van der Waals surface area contributed by atoms with E-state index in [2.05, 4.69) is 15.3 Å². The Bertz CT molecular complexity index is 407. The van der Waals surface area contributed by atoms with Crippen molar-refractivity contribution in [1.29, 1.82) is 0 Å². The molecule has 0 radical (unpaired) electrons. The van der Waals surface area contributed by atoms with E-state index in [-0.39, 0.29) is 12.0 Å². The van der Waals surface area contributed by atoms with Crippen LogP contribution in [0.3, 0.4) is 0 Å². The highest BCUT2D eigenvalue weighted by molar-refractivity contribution is 5.44. The van der Waals surface area contributed by atoms with Gasteiger partial charge in [-0.2, -0.15) is 0 Å². The molecule has 6 heteroatoms. The minimum atomic E-state index is 0.0415. The molecule has 18 heavy (non-hydrogen) atoms. The molecule has 100 valence electrons. The number of nitrogen functional groups attached to an aromatic ring is 1. The van der Waals surface area contributed by atoms with Crippen LogP contribution in [0.15, 0.2) is 6.07 Å². The zero-order chi connectivity index (χ0) is 13.0. The predicted molar refractivity (Wildman–Crippen MR) is 69.0 cm³/mol. The van der Waals surface area contributed by atoms with E-state index in [0.29, 0.717) is 37.2 Å². The first-order valence-electron chi connectivity index (χ1n) is 6.23. The molecule has 1 aromatic heterocycles. The van der Waals surface area contributed by atoms with Crippen molar-refractivity contribution in [2.24, 2.45) is 5.41 Å². The van der Waals surface area contributed by atoms with E-state index < -0.39 is 0 Å². The average Bonchev–Trinajstić information content (AvgIpc) is 3.14. The number of aliphatic hydroxyl groups excluding tert-OH is 1. The van der Waals surface area contributed by atoms with Crippen molar-refractivity contribution >= 4 is 11.6 Å². The Hall–Kier alpha value is -1.40. The average molecular weight is 252 g/mol. The zero-order valence-electron chi connectivity index (χ0n) is 10.6. The summed E-state index contributed by atoms with van der Waals surface area (Å²) in [5.74, 6) is 1.70. The first-order valence-corrected chi connectivity index (χ1v) is 6.23. The summed E-state index contributed by atoms with van der Waals surface area (Å²) in [7, 11) is 0. The molecule has 4 N–H and O–H groups in total. The Kier molecular flexibility index (Phi) is 3.98. The highest BCUT2D eigenvalue weighted by atomic mass is 16.5. The monoisotopic (exact) mass is 252 g/mol. The van der Waals surface area contributed by atoms with Crippen LogP contribution in [0.4, 0.5) is 11.6 Å². The molecule has 0 spiro atoms. The Balaban J connectivity index is 1.96. The van der Waals surface area contributed by atoms with Gasteiger partial charge in [-0.1, -0.05) is 0 Å². The molecule has 1 aliphatic carbocycles. The number of nitrogens with zero attached hydrogens (tertiary/aromatic N) is 2. The van der Waals surface area contributed by atoms with Crippen LogP contribution in [-0.4, -0.2) is 34.8 Å². The van der Waals surface area contributed by atoms with Crippen molar-refractivity contribution in [1.82, 2.24) is 9.97 Å². The highest BCUT2D eigenvalue weighted by Crippen LogP contribution is 2.44. The fraction of sp³-hybridized carbons (Fsp3) is 0.667. The lowest BCUT2D eigenvalue weighted by atomic mass is 10.1. The number of aliphatic hydroxyl groups is 1. The van der Waals surface area contributed by atoms with E-state index in [4.69, 9.17) is 10.5 Å². The number of hydrogen-bond donors (Lipinski definition) is 3. The summed E-state index contributed by atoms with van der Waals surface area (Å²) in [6, 6.07) is 1.70. The molecule has 6 nitrogen and oxygen atoms in total. The van der Waals surface area contributed by atoms with Gasteiger partial charge in [-0.25, -0.2) is 9.97 Å². The standard InChI is InChI=1S/C12H20N4O2/c1-2-18-6-11-15-9(13)5-10(16-11)14-7-12(8-17)3-4-12/h5,17H,2-4,6-8H2,1H3,(H3,13,14,15,16). The molecule has 0 bridgehead atoms. The molecule has 1 heterocycles. The van der Waals surface area contributed by atoms with Gasteiger partial charge in [0.1, 0.15) is 18.2 Å². The van der Waals surface area contributed by atoms with Gasteiger partial charge in [0.25, 0.3) is 0 Å². The van der Waals surface area contributed by atoms with E-state index in [9.17, 15) is 5.11 Å². The zero-order valence-corrected chi connectivity index (χ0v) is 10.6. The number of anilines is 2. The van der Waals surface area contributed by atoms with Crippen molar-refractivity contribution in [2.75, 3.05) is 30.8 Å². The Morgan fingerprint density at radius 3 is 2.89 bits per heavy atom. The number of hydrogen-bond acceptors (Lipinski definition) is 6. The summed E-state index contributed by atoms with van der Waals surface area (Å²) in [6.45, 7) is 3.83. The smallest absolute Gasteiger partial charge is 0.158 e. The molecule has 0 atom stereocenters. The number of aromatic nitrogens is 2. The van der Waals surface area contributed by atoms with Crippen LogP contribution < -0.4 is 11.1 Å². The molecule has 0 amide bonds. The number of nitrogens with two attached hydrogens (primary N) is 1. The van der Waals surface area contributed by atoms with Crippen molar-refractivity contribution in [3.63, 3.8) is 0 Å². The molecule has 1 fully saturated rings. The molecular weight excluding hydrogens is 232 g/mol. The van der Waals surface area contributed by atoms with E-state index in [0.717, 1.165) is 12.8 Å². The van der Waals surface area contributed by atoms with Crippen LogP contribution in [0.5, 0.6) is 0 Å². The molecule has 0 saturated heterocycles. The Morgan fingerprint density at radius 1 is 1.50 bits per heavy atom. The maximum atomic E-state index is 9.24. The molecular formula is C12H20N4O2. The number of rotatable bonds is 7. The lowest BCUT2D eigenvalue weighted by molar-refractivity contribution is 0.128. The number of ether oxygens (including phenoxy) is 1. The summed E-state index contributed by atoms with van der Waals surface area (Å²) >= 11 is 0. The highest BCUT2D eigenvalue weighted by Gasteiger charge is 2.41. The van der Waals surface area contributed by atoms with Gasteiger partial charge in [0.15, 0.2) is 5.82 Å². The summed E-state index contributed by atoms with van der Waals surface area (Å²) in [5, 5.41) is 12.5. The van der Waals surface area contributed by atoms with Crippen LogP contribution >= 0.6 is 0 Å². The molecule has 1 saturated carbocycles. The fourth-order valence-electron chi connectivity index (χ4n) is 1.71. The lowest BCUT2D eigenvalue weighted by Gasteiger charge is -2.14. The Morgan fingerprint density at radius 2 is 2.28 bits per heavy atom. The van der Waals surface area contributed by atoms with Gasteiger partial charge in [0.2, 0.25) is 0 Å². The minimum absolute atomic E-state index is 0.0415. The first kappa shape index (κ1) is 13.0. The third-order valence-electron chi connectivity index (χ3n) is 3.16. The third kappa shape index (κ3) is 3.30. The summed E-state index contributed by atoms with van der Waals surface area (Å²) < 4.78 is 5.26. The SMILES string of the molecule is CCOCc1nc(N)cc(NCC2(CO)CC2)n1. The van der Waals surface area contributed by atoms with E-state index in [1.54, 1.807) is 6.07 Å². The Labute approximate surface area is 107 Å². The van der Waals surface area contributed by atoms with Crippen LogP contribution in [-0.2, 0) is 11.3 Å². The minimum Gasteiger partial charge on any atom is -0.396 e. The second-order valence-electron chi connectivity index (χ2n) is 4.74. The van der Waals surface area contributed by atoms with Crippen LogP contribution in [0, 0.1) is 5.41 Å². The largest absolute Gasteiger partial charge is 0.396 e. The van der Waals surface area contributed by atoms with E-state index in [1.165, 1.54) is 0 Å². The lowest BCUT2D eigenvalue weighted by Crippen LogP contribution is -2.20. The van der Waals surface area contributed by atoms with Gasteiger partial charge in [-0.05, 0) is 19.8 Å². The fourth-order valence-corrected chi connectivity index (χ4v) is 1.71. The maximum Gasteiger partial charge on any atom is 0.158 e. The maximum absolute atomic E-state index is 9.24. The molecule has 0 aliphatic heterocycles. The molecule has 0 unspecified atom stereocenters. The first-order chi connectivity index (χ1) is 8.67. The van der Waals surface area contributed by atoms with E-state index >= 15 is 0 Å². The topological polar surface area (TPSA) is 93.3 Å². The summed E-state index contributed by atoms with van der Waals surface area (Å²) in [4.78, 5) is 8.43. The van der Waals surface area contributed by atoms with Gasteiger partial charge in [0, 0.05) is 24.6 Å². The van der Waals surface area contributed by atoms with Crippen molar-refractivity contribution in [2.45, 2.75) is 26.4 Å². The molecule has 1 aliphatic rings. The van der Waals surface area contributed by atoms with Gasteiger partial charge in [0.05, 0.1) is 6.61 Å². The van der Waals surface area contributed by atoms with Gasteiger partial charge in [-0.3, -0.25) is 0 Å². The van der Waals surface area contributed by atoms with Gasteiger partial charge in [-0.15, -0.1) is 0 Å². The summed E-state index contributed by atoms with van der Waals surface area (Å²) in [6.07, 6.45) is 2.12. The van der Waals surface area contributed by atoms with E-state index in [1.807, 2.05) is 6.92 Å². The normalized spacial score (nSPS) is 16.6. The second-order valence-corrected chi connectivity index (χ2v) is 4.74. The van der Waals surface area contributed by atoms with Crippen molar-refractivity contribution < 1.29 is 9.84 Å².